The fourth-order valence-electron chi connectivity index (χ4n) is 2.04. The molecule has 4 unspecified atom stereocenters. The predicted molar refractivity (Wildman–Crippen MR) is 62.6 cm³/mol. The minimum absolute atomic E-state index is 0.163. The molecule has 0 aliphatic carbocycles. The molecule has 0 aromatic rings. The maximum Gasteiger partial charge on any atom is 0.224 e. The highest BCUT2D eigenvalue weighted by Gasteiger charge is 2.30. The molecule has 1 amide bonds. The van der Waals surface area contributed by atoms with Gasteiger partial charge < -0.3 is 10.6 Å². The third kappa shape index (κ3) is 3.20. The van der Waals surface area contributed by atoms with Crippen molar-refractivity contribution in [2.45, 2.75) is 52.6 Å². The van der Waals surface area contributed by atoms with Gasteiger partial charge in [0, 0.05) is 12.1 Å². The molecule has 0 aromatic heterocycles. The molecule has 0 aromatic carbocycles. The lowest BCUT2D eigenvalue weighted by molar-refractivity contribution is -0.126. The highest BCUT2D eigenvalue weighted by atomic mass is 16.2. The molecule has 0 saturated carbocycles. The van der Waals surface area contributed by atoms with E-state index < -0.39 is 0 Å². The summed E-state index contributed by atoms with van der Waals surface area (Å²) in [5.74, 6) is 0.940. The van der Waals surface area contributed by atoms with Gasteiger partial charge in [0.1, 0.15) is 0 Å². The molecule has 88 valence electrons. The fourth-order valence-corrected chi connectivity index (χ4v) is 2.04. The van der Waals surface area contributed by atoms with E-state index in [1.807, 2.05) is 0 Å². The molecule has 1 aliphatic heterocycles. The van der Waals surface area contributed by atoms with Crippen LogP contribution in [-0.4, -0.2) is 24.5 Å². The zero-order valence-corrected chi connectivity index (χ0v) is 10.3. The van der Waals surface area contributed by atoms with E-state index in [0.29, 0.717) is 12.0 Å². The largest absolute Gasteiger partial charge is 0.353 e. The highest BCUT2D eigenvalue weighted by molar-refractivity contribution is 5.80. The molecular formula is C12H24N2O. The summed E-state index contributed by atoms with van der Waals surface area (Å²) >= 11 is 0. The quantitative estimate of drug-likeness (QED) is 0.742. The average Bonchev–Trinajstić information content (AvgIpc) is 2.63. The van der Waals surface area contributed by atoms with Crippen LogP contribution in [0.15, 0.2) is 0 Å². The van der Waals surface area contributed by atoms with Gasteiger partial charge in [-0.1, -0.05) is 20.3 Å². The van der Waals surface area contributed by atoms with Crippen LogP contribution in [0, 0.1) is 11.8 Å². The molecule has 1 heterocycles. The van der Waals surface area contributed by atoms with Crippen molar-refractivity contribution in [1.29, 1.82) is 0 Å². The minimum Gasteiger partial charge on any atom is -0.353 e. The number of carbonyl (C=O) groups is 1. The molecule has 1 rings (SSSR count). The third-order valence-electron chi connectivity index (χ3n) is 3.73. The van der Waals surface area contributed by atoms with E-state index in [1.165, 1.54) is 0 Å². The smallest absolute Gasteiger partial charge is 0.224 e. The fraction of sp³-hybridized carbons (Fsp3) is 0.917. The minimum atomic E-state index is 0.163. The first-order valence-electron chi connectivity index (χ1n) is 6.10. The Labute approximate surface area is 93.0 Å². The summed E-state index contributed by atoms with van der Waals surface area (Å²) in [6.07, 6.45) is 2.08. The van der Waals surface area contributed by atoms with Gasteiger partial charge in [-0.15, -0.1) is 0 Å². The molecule has 3 heteroatoms. The molecule has 0 bridgehead atoms. The van der Waals surface area contributed by atoms with Gasteiger partial charge >= 0.3 is 0 Å². The van der Waals surface area contributed by atoms with E-state index in [4.69, 9.17) is 0 Å². The van der Waals surface area contributed by atoms with E-state index in [2.05, 4.69) is 38.3 Å². The van der Waals surface area contributed by atoms with Crippen molar-refractivity contribution in [3.63, 3.8) is 0 Å². The van der Waals surface area contributed by atoms with Crippen molar-refractivity contribution < 1.29 is 4.79 Å². The van der Waals surface area contributed by atoms with E-state index in [-0.39, 0.29) is 17.9 Å². The molecule has 1 aliphatic rings. The van der Waals surface area contributed by atoms with Crippen molar-refractivity contribution in [2.75, 3.05) is 6.54 Å². The van der Waals surface area contributed by atoms with Gasteiger partial charge in [-0.05, 0) is 32.7 Å². The maximum atomic E-state index is 11.9. The van der Waals surface area contributed by atoms with Gasteiger partial charge in [0.05, 0.1) is 5.92 Å². The van der Waals surface area contributed by atoms with E-state index in [0.717, 1.165) is 19.4 Å². The van der Waals surface area contributed by atoms with Crippen molar-refractivity contribution >= 4 is 5.91 Å². The number of amides is 1. The van der Waals surface area contributed by atoms with E-state index in [1.54, 1.807) is 0 Å². The monoisotopic (exact) mass is 212 g/mol. The van der Waals surface area contributed by atoms with Gasteiger partial charge in [-0.25, -0.2) is 0 Å². The topological polar surface area (TPSA) is 41.1 Å². The number of nitrogens with one attached hydrogen (secondary N) is 2. The number of hydrogen-bond acceptors (Lipinski definition) is 2. The highest BCUT2D eigenvalue weighted by Crippen LogP contribution is 2.16. The zero-order valence-electron chi connectivity index (χ0n) is 10.3. The summed E-state index contributed by atoms with van der Waals surface area (Å²) < 4.78 is 0. The first kappa shape index (κ1) is 12.5. The summed E-state index contributed by atoms with van der Waals surface area (Å²) in [5, 5.41) is 6.43. The second-order valence-electron chi connectivity index (χ2n) is 4.82. The Morgan fingerprint density at radius 1 is 1.53 bits per heavy atom. The first-order valence-corrected chi connectivity index (χ1v) is 6.10. The summed E-state index contributed by atoms with van der Waals surface area (Å²) in [6.45, 7) is 9.50. The van der Waals surface area contributed by atoms with Crippen LogP contribution in [0.3, 0.4) is 0 Å². The van der Waals surface area contributed by atoms with Crippen molar-refractivity contribution in [3.8, 4) is 0 Å². The van der Waals surface area contributed by atoms with Crippen molar-refractivity contribution in [1.82, 2.24) is 10.6 Å². The van der Waals surface area contributed by atoms with Crippen LogP contribution < -0.4 is 10.6 Å². The Balaban J connectivity index is 2.41. The number of hydrogen-bond donors (Lipinski definition) is 2. The standard InChI is InChI=1S/C12H24N2O/c1-5-8(2)9(3)14-12(15)11-6-7-13-10(11)4/h8-11,13H,5-7H2,1-4H3,(H,14,15). The SMILES string of the molecule is CCC(C)C(C)NC(=O)C1CCNC1C. The normalized spacial score (nSPS) is 29.9. The lowest BCUT2D eigenvalue weighted by Gasteiger charge is -2.23. The van der Waals surface area contributed by atoms with Crippen LogP contribution in [0.25, 0.3) is 0 Å². The summed E-state index contributed by atoms with van der Waals surface area (Å²) in [7, 11) is 0. The molecule has 4 atom stereocenters. The van der Waals surface area contributed by atoms with Crippen LogP contribution in [0.4, 0.5) is 0 Å². The second-order valence-corrected chi connectivity index (χ2v) is 4.82. The van der Waals surface area contributed by atoms with Crippen LogP contribution in [0.2, 0.25) is 0 Å². The molecular weight excluding hydrogens is 188 g/mol. The third-order valence-corrected chi connectivity index (χ3v) is 3.73. The average molecular weight is 212 g/mol. The Hall–Kier alpha value is -0.570. The molecule has 0 radical (unpaired) electrons. The van der Waals surface area contributed by atoms with Crippen LogP contribution in [-0.2, 0) is 4.79 Å². The van der Waals surface area contributed by atoms with E-state index >= 15 is 0 Å². The van der Waals surface area contributed by atoms with Crippen LogP contribution >= 0.6 is 0 Å². The lowest BCUT2D eigenvalue weighted by Crippen LogP contribution is -2.43. The van der Waals surface area contributed by atoms with Crippen molar-refractivity contribution in [2.24, 2.45) is 11.8 Å². The maximum absolute atomic E-state index is 11.9. The summed E-state index contributed by atoms with van der Waals surface area (Å²) in [4.78, 5) is 11.9. The van der Waals surface area contributed by atoms with Gasteiger partial charge in [-0.3, -0.25) is 4.79 Å². The zero-order chi connectivity index (χ0) is 11.4. The van der Waals surface area contributed by atoms with Crippen LogP contribution in [0.5, 0.6) is 0 Å². The Morgan fingerprint density at radius 2 is 2.20 bits per heavy atom. The van der Waals surface area contributed by atoms with E-state index in [9.17, 15) is 4.79 Å². The molecule has 0 spiro atoms. The van der Waals surface area contributed by atoms with Gasteiger partial charge in [0.25, 0.3) is 0 Å². The van der Waals surface area contributed by atoms with Crippen LogP contribution in [0.1, 0.15) is 40.5 Å². The summed E-state index contributed by atoms with van der Waals surface area (Å²) in [6, 6.07) is 0.615. The lowest BCUT2D eigenvalue weighted by atomic mass is 9.97. The predicted octanol–water partition coefficient (Wildman–Crippen LogP) is 1.54. The molecule has 3 nitrogen and oxygen atoms in total. The van der Waals surface area contributed by atoms with Gasteiger partial charge in [0.2, 0.25) is 5.91 Å². The number of rotatable bonds is 4. The Morgan fingerprint density at radius 3 is 2.67 bits per heavy atom. The molecule has 1 fully saturated rings. The molecule has 15 heavy (non-hydrogen) atoms. The number of carbonyl (C=O) groups excluding carboxylic acids is 1. The molecule has 1 saturated heterocycles. The van der Waals surface area contributed by atoms with Crippen molar-refractivity contribution in [3.05, 3.63) is 0 Å². The Kier molecular flexibility index (Phi) is 4.58. The second kappa shape index (κ2) is 5.50. The van der Waals surface area contributed by atoms with Gasteiger partial charge in [-0.2, -0.15) is 0 Å². The Bertz CT molecular complexity index is 218. The first-order chi connectivity index (χ1) is 7.06. The molecule has 2 N–H and O–H groups in total. The van der Waals surface area contributed by atoms with Gasteiger partial charge in [0.15, 0.2) is 0 Å². The summed E-state index contributed by atoms with van der Waals surface area (Å²) in [5.41, 5.74) is 0.